The molecule has 0 saturated heterocycles. The lowest BCUT2D eigenvalue weighted by Gasteiger charge is -2.13. The number of nitriles is 1. The van der Waals surface area contributed by atoms with Gasteiger partial charge in [-0.05, 0) is 54.1 Å². The fourth-order valence-electron chi connectivity index (χ4n) is 3.46. The van der Waals surface area contributed by atoms with E-state index in [0.29, 0.717) is 5.39 Å². The predicted molar refractivity (Wildman–Crippen MR) is 142 cm³/mol. The highest BCUT2D eigenvalue weighted by Gasteiger charge is 2.21. The maximum absolute atomic E-state index is 13.0. The van der Waals surface area contributed by atoms with E-state index in [1.165, 1.54) is 24.3 Å². The summed E-state index contributed by atoms with van der Waals surface area (Å²) >= 11 is 12.3. The van der Waals surface area contributed by atoms with Crippen molar-refractivity contribution >= 4 is 61.8 Å². The molecule has 4 rings (SSSR count). The number of fused-ring (bicyclic) bond motifs is 1. The van der Waals surface area contributed by atoms with Crippen molar-refractivity contribution in [2.24, 2.45) is 0 Å². The number of para-hydroxylation sites is 1. The topological polar surface area (TPSA) is 96.3 Å². The first-order valence-electron chi connectivity index (χ1n) is 10.6. The molecule has 0 heterocycles. The molecule has 9 heteroatoms. The molecule has 1 amide bonds. The third kappa shape index (κ3) is 5.37. The molecule has 6 nitrogen and oxygen atoms in total. The molecule has 0 spiro atoms. The van der Waals surface area contributed by atoms with Gasteiger partial charge in [-0.2, -0.15) is 13.7 Å². The Kier molecular flexibility index (Phi) is 7.32. The zero-order valence-corrected chi connectivity index (χ0v) is 21.2. The first kappa shape index (κ1) is 25.3. The number of carbonyl (C=O) groups is 1. The summed E-state index contributed by atoms with van der Waals surface area (Å²) in [5, 5.41) is 14.1. The Labute approximate surface area is 218 Å². The number of hydrogen-bond acceptors (Lipinski definition) is 5. The minimum atomic E-state index is -4.19. The standard InChI is InChI=1S/C27H18Cl2N2O4S/c1-17-9-12-20(13-10-17)36(33,34)35-25-14-11-18-5-2-3-6-21(18)22(25)15-19(16-30)27(32)31-26-23(28)7-4-8-24(26)29/h2-15H,1H3,(H,31,32)/b19-15+. The number of amides is 1. The zero-order valence-electron chi connectivity index (χ0n) is 18.8. The smallest absolute Gasteiger partial charge is 0.339 e. The number of halogens is 2. The van der Waals surface area contributed by atoms with Gasteiger partial charge >= 0.3 is 10.1 Å². The lowest BCUT2D eigenvalue weighted by atomic mass is 10.0. The van der Waals surface area contributed by atoms with Crippen molar-refractivity contribution in [3.05, 3.63) is 106 Å². The van der Waals surface area contributed by atoms with E-state index < -0.39 is 16.0 Å². The number of hydrogen-bond donors (Lipinski definition) is 1. The SMILES string of the molecule is Cc1ccc(S(=O)(=O)Oc2ccc3ccccc3c2/C=C(\C#N)C(=O)Nc2c(Cl)cccc2Cl)cc1. The van der Waals surface area contributed by atoms with E-state index in [9.17, 15) is 18.5 Å². The fourth-order valence-corrected chi connectivity index (χ4v) is 4.90. The highest BCUT2D eigenvalue weighted by Crippen LogP contribution is 2.34. The first-order valence-corrected chi connectivity index (χ1v) is 12.8. The number of nitrogens with one attached hydrogen (secondary N) is 1. The molecule has 4 aromatic rings. The molecule has 0 atom stereocenters. The van der Waals surface area contributed by atoms with Gasteiger partial charge in [-0.3, -0.25) is 4.79 Å². The molecule has 4 aromatic carbocycles. The number of anilines is 1. The first-order chi connectivity index (χ1) is 17.2. The van der Waals surface area contributed by atoms with Gasteiger partial charge in [0.05, 0.1) is 15.7 Å². The molecule has 0 unspecified atom stereocenters. The van der Waals surface area contributed by atoms with E-state index in [1.54, 1.807) is 48.5 Å². The minimum absolute atomic E-state index is 0.0252. The number of rotatable bonds is 6. The third-order valence-corrected chi connectivity index (χ3v) is 7.17. The maximum Gasteiger partial charge on any atom is 0.339 e. The van der Waals surface area contributed by atoms with Gasteiger partial charge in [-0.1, -0.05) is 77.3 Å². The molecular weight excluding hydrogens is 519 g/mol. The van der Waals surface area contributed by atoms with Gasteiger partial charge in [-0.15, -0.1) is 0 Å². The van der Waals surface area contributed by atoms with E-state index in [1.807, 2.05) is 25.1 Å². The van der Waals surface area contributed by atoms with Gasteiger partial charge < -0.3 is 9.50 Å². The molecule has 0 aromatic heterocycles. The van der Waals surface area contributed by atoms with E-state index >= 15 is 0 Å². The largest absolute Gasteiger partial charge is 0.378 e. The van der Waals surface area contributed by atoms with Crippen LogP contribution >= 0.6 is 23.2 Å². The zero-order chi connectivity index (χ0) is 25.9. The predicted octanol–water partition coefficient (Wildman–Crippen LogP) is 6.77. The second kappa shape index (κ2) is 10.4. The van der Waals surface area contributed by atoms with Crippen LogP contribution < -0.4 is 9.50 Å². The normalized spacial score (nSPS) is 11.7. The lowest BCUT2D eigenvalue weighted by molar-refractivity contribution is -0.112. The van der Waals surface area contributed by atoms with Crippen LogP contribution in [0, 0.1) is 18.3 Å². The van der Waals surface area contributed by atoms with Gasteiger partial charge in [0.25, 0.3) is 5.91 Å². The van der Waals surface area contributed by atoms with Crippen molar-refractivity contribution in [3.63, 3.8) is 0 Å². The van der Waals surface area contributed by atoms with E-state index in [2.05, 4.69) is 5.32 Å². The summed E-state index contributed by atoms with van der Waals surface area (Å²) in [6, 6.07) is 23.1. The number of aryl methyl sites for hydroxylation is 1. The summed E-state index contributed by atoms with van der Waals surface area (Å²) in [4.78, 5) is 12.9. The minimum Gasteiger partial charge on any atom is -0.378 e. The van der Waals surface area contributed by atoms with Gasteiger partial charge in [0.2, 0.25) is 0 Å². The number of nitrogens with zero attached hydrogens (tertiary/aromatic N) is 1. The molecule has 0 fully saturated rings. The van der Waals surface area contributed by atoms with Crippen LogP contribution in [0.15, 0.2) is 89.3 Å². The van der Waals surface area contributed by atoms with Crippen LogP contribution in [0.2, 0.25) is 10.0 Å². The Hall–Kier alpha value is -3.83. The van der Waals surface area contributed by atoms with E-state index in [4.69, 9.17) is 27.4 Å². The van der Waals surface area contributed by atoms with Crippen LogP contribution in [-0.4, -0.2) is 14.3 Å². The Balaban J connectivity index is 1.80. The maximum atomic E-state index is 13.0. The van der Waals surface area contributed by atoms with Crippen LogP contribution in [0.1, 0.15) is 11.1 Å². The van der Waals surface area contributed by atoms with Gasteiger partial charge in [0, 0.05) is 5.56 Å². The summed E-state index contributed by atoms with van der Waals surface area (Å²) < 4.78 is 31.5. The van der Waals surface area contributed by atoms with Crippen LogP contribution in [0.3, 0.4) is 0 Å². The van der Waals surface area contributed by atoms with Crippen molar-refractivity contribution in [1.29, 1.82) is 5.26 Å². The Morgan fingerprint density at radius 2 is 1.61 bits per heavy atom. The molecular formula is C27H18Cl2N2O4S. The average molecular weight is 537 g/mol. The van der Waals surface area contributed by atoms with Crippen molar-refractivity contribution in [2.45, 2.75) is 11.8 Å². The molecule has 0 aliphatic rings. The molecule has 0 radical (unpaired) electrons. The molecule has 0 saturated carbocycles. The third-order valence-electron chi connectivity index (χ3n) is 5.29. The van der Waals surface area contributed by atoms with Gasteiger partial charge in [0.1, 0.15) is 16.5 Å². The van der Waals surface area contributed by atoms with Gasteiger partial charge in [-0.25, -0.2) is 0 Å². The Bertz CT molecular complexity index is 1640. The van der Waals surface area contributed by atoms with Crippen molar-refractivity contribution in [2.75, 3.05) is 5.32 Å². The Morgan fingerprint density at radius 3 is 2.28 bits per heavy atom. The van der Waals surface area contributed by atoms with Crippen molar-refractivity contribution in [3.8, 4) is 11.8 Å². The van der Waals surface area contributed by atoms with Crippen molar-refractivity contribution in [1.82, 2.24) is 0 Å². The highest BCUT2D eigenvalue weighted by atomic mass is 35.5. The second-order valence-corrected chi connectivity index (χ2v) is 10.1. The second-order valence-electron chi connectivity index (χ2n) is 7.77. The van der Waals surface area contributed by atoms with Crippen LogP contribution in [0.4, 0.5) is 5.69 Å². The van der Waals surface area contributed by atoms with Crippen LogP contribution in [0.5, 0.6) is 5.75 Å². The molecule has 0 bridgehead atoms. The number of carbonyl (C=O) groups excluding carboxylic acids is 1. The molecule has 180 valence electrons. The van der Waals surface area contributed by atoms with Gasteiger partial charge in [0.15, 0.2) is 5.75 Å². The van der Waals surface area contributed by atoms with E-state index in [0.717, 1.165) is 10.9 Å². The summed E-state index contributed by atoms with van der Waals surface area (Å²) in [5.74, 6) is -0.807. The highest BCUT2D eigenvalue weighted by molar-refractivity contribution is 7.87. The van der Waals surface area contributed by atoms with Crippen molar-refractivity contribution < 1.29 is 17.4 Å². The summed E-state index contributed by atoms with van der Waals surface area (Å²) in [6.07, 6.45) is 1.28. The quantitative estimate of drug-likeness (QED) is 0.166. The van der Waals surface area contributed by atoms with Crippen LogP contribution in [-0.2, 0) is 14.9 Å². The number of benzene rings is 4. The van der Waals surface area contributed by atoms with E-state index in [-0.39, 0.29) is 37.5 Å². The summed E-state index contributed by atoms with van der Waals surface area (Å²) in [6.45, 7) is 1.84. The lowest BCUT2D eigenvalue weighted by Crippen LogP contribution is -2.14. The average Bonchev–Trinajstić information content (AvgIpc) is 2.85. The molecule has 0 aliphatic heterocycles. The monoisotopic (exact) mass is 536 g/mol. The summed E-state index contributed by atoms with van der Waals surface area (Å²) in [7, 11) is -4.19. The molecule has 0 aliphatic carbocycles. The summed E-state index contributed by atoms with van der Waals surface area (Å²) in [5.41, 5.74) is 0.996. The molecule has 1 N–H and O–H groups in total. The fraction of sp³-hybridized carbons (Fsp3) is 0.0370. The van der Waals surface area contributed by atoms with Crippen LogP contribution in [0.25, 0.3) is 16.8 Å². The Morgan fingerprint density at radius 1 is 0.944 bits per heavy atom. The molecule has 36 heavy (non-hydrogen) atoms.